The fourth-order valence-electron chi connectivity index (χ4n) is 2.94. The van der Waals surface area contributed by atoms with Crippen LogP contribution in [0.5, 0.6) is 0 Å². The predicted molar refractivity (Wildman–Crippen MR) is 127 cm³/mol. The van der Waals surface area contributed by atoms with Crippen molar-refractivity contribution in [2.75, 3.05) is 0 Å². The van der Waals surface area contributed by atoms with Gasteiger partial charge in [0.25, 0.3) is 5.91 Å². The first-order valence-corrected chi connectivity index (χ1v) is 10.9. The zero-order chi connectivity index (χ0) is 26.2. The number of nitrogens with zero attached hydrogens (tertiary/aromatic N) is 2. The largest absolute Gasteiger partial charge is 0.443 e. The van der Waals surface area contributed by atoms with E-state index in [1.54, 1.807) is 74.4 Å². The number of hydrogen-bond acceptors (Lipinski definition) is 7. The van der Waals surface area contributed by atoms with Crippen LogP contribution >= 0.6 is 0 Å². The summed E-state index contributed by atoms with van der Waals surface area (Å²) in [5.41, 5.74) is -1.85. The minimum absolute atomic E-state index is 0.244. The van der Waals surface area contributed by atoms with Gasteiger partial charge in [0.05, 0.1) is 5.52 Å². The van der Waals surface area contributed by atoms with Crippen LogP contribution in [0.4, 0.5) is 14.4 Å². The first-order valence-electron chi connectivity index (χ1n) is 10.9. The van der Waals surface area contributed by atoms with Gasteiger partial charge in [-0.05, 0) is 86.9 Å². The molecule has 0 aliphatic carbocycles. The normalized spacial score (nSPS) is 12.3. The van der Waals surface area contributed by atoms with Gasteiger partial charge >= 0.3 is 18.3 Å². The third-order valence-electron chi connectivity index (χ3n) is 4.11. The van der Waals surface area contributed by atoms with Gasteiger partial charge in [-0.1, -0.05) is 12.1 Å². The molecule has 9 heteroatoms. The second-order valence-electron chi connectivity index (χ2n) is 11.0. The zero-order valence-corrected chi connectivity index (χ0v) is 21.6. The van der Waals surface area contributed by atoms with Crippen molar-refractivity contribution in [3.63, 3.8) is 0 Å². The maximum absolute atomic E-state index is 13.6. The number of hydrogen-bond donors (Lipinski definition) is 0. The van der Waals surface area contributed by atoms with Crippen LogP contribution in [0.25, 0.3) is 10.9 Å². The van der Waals surface area contributed by atoms with Gasteiger partial charge in [-0.2, -0.15) is 0 Å². The molecule has 2 aromatic rings. The summed E-state index contributed by atoms with van der Waals surface area (Å²) in [4.78, 5) is 52.9. The Labute approximate surface area is 199 Å². The molecule has 0 spiro atoms. The van der Waals surface area contributed by atoms with Crippen LogP contribution < -0.4 is 0 Å². The standard InChI is InChI=1S/C25H34N2O7/c1-15-11-12-16-14-18(26(17(16)13-15)20(29)32-23(2,3)4)19(28)27(21(30)33-24(5,6)7)22(31)34-25(8,9)10/h11-14H,1-10H3. The predicted octanol–water partition coefficient (Wildman–Crippen LogP) is 6.05. The van der Waals surface area contributed by atoms with E-state index in [4.69, 9.17) is 14.2 Å². The van der Waals surface area contributed by atoms with Gasteiger partial charge in [-0.15, -0.1) is 4.90 Å². The first kappa shape index (κ1) is 26.9. The highest BCUT2D eigenvalue weighted by Gasteiger charge is 2.39. The number of fused-ring (bicyclic) bond motifs is 1. The molecule has 0 aliphatic heterocycles. The van der Waals surface area contributed by atoms with Crippen molar-refractivity contribution < 1.29 is 33.4 Å². The van der Waals surface area contributed by atoms with Gasteiger partial charge in [0, 0.05) is 5.39 Å². The number of aryl methyl sites for hydroxylation is 1. The van der Waals surface area contributed by atoms with E-state index in [-0.39, 0.29) is 10.6 Å². The molecule has 9 nitrogen and oxygen atoms in total. The first-order chi connectivity index (χ1) is 15.3. The topological polar surface area (TPSA) is 104 Å². The van der Waals surface area contributed by atoms with Gasteiger partial charge in [-0.3, -0.25) is 4.79 Å². The molecule has 0 saturated heterocycles. The fraction of sp³-hybridized carbons (Fsp3) is 0.520. The molecule has 1 aromatic carbocycles. The molecule has 0 N–H and O–H groups in total. The van der Waals surface area contributed by atoms with Crippen molar-refractivity contribution in [1.29, 1.82) is 0 Å². The summed E-state index contributed by atoms with van der Waals surface area (Å²) in [7, 11) is 0. The Morgan fingerprint density at radius 1 is 0.735 bits per heavy atom. The van der Waals surface area contributed by atoms with Gasteiger partial charge in [0.2, 0.25) is 0 Å². The van der Waals surface area contributed by atoms with E-state index in [1.807, 2.05) is 13.0 Å². The smallest absolute Gasteiger partial charge is 0.427 e. The van der Waals surface area contributed by atoms with E-state index < -0.39 is 41.0 Å². The van der Waals surface area contributed by atoms with Crippen LogP contribution in [-0.4, -0.2) is 50.5 Å². The summed E-state index contributed by atoms with van der Waals surface area (Å²) in [5, 5.41) is 0.549. The van der Waals surface area contributed by atoms with Gasteiger partial charge in [0.1, 0.15) is 22.5 Å². The lowest BCUT2D eigenvalue weighted by atomic mass is 10.2. The van der Waals surface area contributed by atoms with Crippen LogP contribution in [0.3, 0.4) is 0 Å². The monoisotopic (exact) mass is 474 g/mol. The number of benzene rings is 1. The minimum atomic E-state index is -1.22. The second kappa shape index (κ2) is 9.12. The molecule has 0 fully saturated rings. The lowest BCUT2D eigenvalue weighted by molar-refractivity contribution is 0.00333. The third kappa shape index (κ3) is 6.82. The molecule has 0 unspecified atom stereocenters. The zero-order valence-electron chi connectivity index (χ0n) is 21.6. The Bertz CT molecular complexity index is 1100. The van der Waals surface area contributed by atoms with Crippen molar-refractivity contribution in [1.82, 2.24) is 9.47 Å². The SMILES string of the molecule is Cc1ccc2cc(C(=O)N(C(=O)OC(C)(C)C)C(=O)OC(C)(C)C)n(C(=O)OC(C)(C)C)c2c1. The van der Waals surface area contributed by atoms with E-state index in [0.717, 1.165) is 10.1 Å². The van der Waals surface area contributed by atoms with Crippen LogP contribution in [0.2, 0.25) is 0 Å². The molecular weight excluding hydrogens is 440 g/mol. The van der Waals surface area contributed by atoms with E-state index >= 15 is 0 Å². The Morgan fingerprint density at radius 3 is 1.65 bits per heavy atom. The fourth-order valence-corrected chi connectivity index (χ4v) is 2.94. The van der Waals surface area contributed by atoms with Crippen LogP contribution in [0, 0.1) is 6.92 Å². The Kier molecular flexibility index (Phi) is 7.21. The van der Waals surface area contributed by atoms with Crippen LogP contribution in [0.1, 0.15) is 78.4 Å². The summed E-state index contributed by atoms with van der Waals surface area (Å²) in [6.07, 6.45) is -3.27. The highest BCUT2D eigenvalue weighted by molar-refractivity contribution is 6.15. The molecular formula is C25H34N2O7. The number of imide groups is 3. The van der Waals surface area contributed by atoms with Crippen LogP contribution in [0.15, 0.2) is 24.3 Å². The number of carbonyl (C=O) groups is 4. The Hall–Kier alpha value is -3.36. The molecule has 34 heavy (non-hydrogen) atoms. The number of carbonyl (C=O) groups excluding carboxylic acids is 4. The summed E-state index contributed by atoms with van der Waals surface area (Å²) >= 11 is 0. The van der Waals surface area contributed by atoms with Gasteiger partial charge < -0.3 is 14.2 Å². The van der Waals surface area contributed by atoms with E-state index in [9.17, 15) is 19.2 Å². The van der Waals surface area contributed by atoms with Gasteiger partial charge in [0.15, 0.2) is 0 Å². The van der Waals surface area contributed by atoms with Crippen molar-refractivity contribution in [3.8, 4) is 0 Å². The number of amides is 3. The highest BCUT2D eigenvalue weighted by atomic mass is 16.6. The average molecular weight is 475 g/mol. The van der Waals surface area contributed by atoms with E-state index in [2.05, 4.69) is 0 Å². The Morgan fingerprint density at radius 2 is 1.21 bits per heavy atom. The molecule has 1 heterocycles. The third-order valence-corrected chi connectivity index (χ3v) is 4.11. The van der Waals surface area contributed by atoms with Crippen LogP contribution in [-0.2, 0) is 14.2 Å². The lowest BCUT2D eigenvalue weighted by Crippen LogP contribution is -2.47. The number of rotatable bonds is 1. The molecule has 0 saturated carbocycles. The molecule has 1 aromatic heterocycles. The summed E-state index contributed by atoms with van der Waals surface area (Å²) in [6, 6.07) is 6.67. The molecule has 0 radical (unpaired) electrons. The summed E-state index contributed by atoms with van der Waals surface area (Å²) < 4.78 is 17.1. The molecule has 2 rings (SSSR count). The van der Waals surface area contributed by atoms with Crippen molar-refractivity contribution >= 4 is 35.1 Å². The number of aromatic nitrogens is 1. The number of ether oxygens (including phenoxy) is 3. The van der Waals surface area contributed by atoms with Crippen molar-refractivity contribution in [3.05, 3.63) is 35.5 Å². The average Bonchev–Trinajstić information content (AvgIpc) is 2.95. The van der Waals surface area contributed by atoms with E-state index in [1.165, 1.54) is 6.07 Å². The molecule has 0 bridgehead atoms. The highest BCUT2D eigenvalue weighted by Crippen LogP contribution is 2.26. The van der Waals surface area contributed by atoms with E-state index in [0.29, 0.717) is 10.9 Å². The Balaban J connectivity index is 2.70. The molecule has 3 amide bonds. The minimum Gasteiger partial charge on any atom is -0.443 e. The summed E-state index contributed by atoms with van der Waals surface area (Å²) in [5.74, 6) is -1.08. The van der Waals surface area contributed by atoms with Gasteiger partial charge in [-0.25, -0.2) is 19.0 Å². The maximum Gasteiger partial charge on any atom is 0.427 e. The quantitative estimate of drug-likeness (QED) is 0.464. The summed E-state index contributed by atoms with van der Waals surface area (Å²) in [6.45, 7) is 16.5. The maximum atomic E-state index is 13.6. The molecule has 186 valence electrons. The lowest BCUT2D eigenvalue weighted by Gasteiger charge is -2.28. The molecule has 0 atom stereocenters. The van der Waals surface area contributed by atoms with Crippen molar-refractivity contribution in [2.24, 2.45) is 0 Å². The van der Waals surface area contributed by atoms with Crippen molar-refractivity contribution in [2.45, 2.75) is 86.0 Å². The second-order valence-corrected chi connectivity index (χ2v) is 11.0. The molecule has 0 aliphatic rings.